The lowest BCUT2D eigenvalue weighted by Gasteiger charge is -2.10. The molecule has 1 aromatic rings. The van der Waals surface area contributed by atoms with Crippen LogP contribution in [-0.4, -0.2) is 22.7 Å². The Hall–Kier alpha value is -1.39. The van der Waals surface area contributed by atoms with Gasteiger partial charge in [-0.15, -0.1) is 0 Å². The van der Waals surface area contributed by atoms with E-state index in [9.17, 15) is 4.79 Å². The molecule has 0 atom stereocenters. The molecule has 0 aromatic carbocycles. The van der Waals surface area contributed by atoms with Gasteiger partial charge in [0.25, 0.3) is 0 Å². The smallest absolute Gasteiger partial charge is 0.315 e. The van der Waals surface area contributed by atoms with Gasteiger partial charge >= 0.3 is 5.97 Å². The van der Waals surface area contributed by atoms with E-state index in [0.717, 1.165) is 0 Å². The van der Waals surface area contributed by atoms with Crippen LogP contribution in [0.25, 0.3) is 0 Å². The maximum Gasteiger partial charge on any atom is 0.315 e. The van der Waals surface area contributed by atoms with Crippen LogP contribution in [0.2, 0.25) is 0 Å². The third kappa shape index (κ3) is 3.34. The van der Waals surface area contributed by atoms with Gasteiger partial charge in [0.15, 0.2) is 5.82 Å². The molecule has 1 aromatic heterocycles. The Labute approximate surface area is 88.8 Å². The van der Waals surface area contributed by atoms with Crippen LogP contribution < -0.4 is 0 Å². The molecular formula is C10H16N2O3. The van der Waals surface area contributed by atoms with E-state index in [1.807, 2.05) is 20.8 Å². The van der Waals surface area contributed by atoms with Crippen molar-refractivity contribution < 1.29 is 14.1 Å². The molecule has 0 amide bonds. The second-order valence-electron chi connectivity index (χ2n) is 4.24. The number of carbonyl (C=O) groups excluding carboxylic acids is 1. The summed E-state index contributed by atoms with van der Waals surface area (Å²) >= 11 is 0. The molecule has 0 aliphatic rings. The summed E-state index contributed by atoms with van der Waals surface area (Å²) in [5.74, 6) is 0.557. The van der Waals surface area contributed by atoms with Gasteiger partial charge in [0.2, 0.25) is 5.89 Å². The van der Waals surface area contributed by atoms with Crippen LogP contribution in [0.1, 0.15) is 39.4 Å². The molecule has 15 heavy (non-hydrogen) atoms. The second-order valence-corrected chi connectivity index (χ2v) is 4.24. The first-order valence-corrected chi connectivity index (χ1v) is 4.92. The minimum Gasteiger partial charge on any atom is -0.466 e. The normalized spacial score (nSPS) is 11.5. The predicted molar refractivity (Wildman–Crippen MR) is 53.3 cm³/mol. The van der Waals surface area contributed by atoms with Gasteiger partial charge in [0.1, 0.15) is 6.42 Å². The van der Waals surface area contributed by atoms with Gasteiger partial charge in [0.05, 0.1) is 6.61 Å². The lowest BCUT2D eigenvalue weighted by molar-refractivity contribution is -0.142. The van der Waals surface area contributed by atoms with Crippen LogP contribution in [0.5, 0.6) is 0 Å². The lowest BCUT2D eigenvalue weighted by atomic mass is 9.96. The lowest BCUT2D eigenvalue weighted by Crippen LogP contribution is -2.14. The fraction of sp³-hybridized carbons (Fsp3) is 0.700. The maximum absolute atomic E-state index is 11.1. The summed E-state index contributed by atoms with van der Waals surface area (Å²) in [6, 6.07) is 0. The summed E-state index contributed by atoms with van der Waals surface area (Å²) in [6.07, 6.45) is 0.0386. The summed E-state index contributed by atoms with van der Waals surface area (Å²) in [6.45, 7) is 8.05. The van der Waals surface area contributed by atoms with E-state index in [-0.39, 0.29) is 17.8 Å². The molecule has 0 spiro atoms. The third-order valence-electron chi connectivity index (χ3n) is 1.74. The van der Waals surface area contributed by atoms with Gasteiger partial charge in [-0.25, -0.2) is 0 Å². The Morgan fingerprint density at radius 3 is 2.60 bits per heavy atom. The van der Waals surface area contributed by atoms with Crippen LogP contribution in [0.3, 0.4) is 0 Å². The van der Waals surface area contributed by atoms with E-state index in [0.29, 0.717) is 18.3 Å². The highest BCUT2D eigenvalue weighted by molar-refractivity contribution is 5.71. The van der Waals surface area contributed by atoms with Crippen LogP contribution in [-0.2, 0) is 21.4 Å². The molecule has 0 saturated heterocycles. The van der Waals surface area contributed by atoms with Crippen molar-refractivity contribution in [3.63, 3.8) is 0 Å². The molecule has 5 heteroatoms. The van der Waals surface area contributed by atoms with E-state index in [1.54, 1.807) is 6.92 Å². The average Bonchev–Trinajstić information content (AvgIpc) is 2.52. The highest BCUT2D eigenvalue weighted by Crippen LogP contribution is 2.18. The zero-order valence-corrected chi connectivity index (χ0v) is 9.53. The van der Waals surface area contributed by atoms with Crippen LogP contribution in [0.4, 0.5) is 0 Å². The third-order valence-corrected chi connectivity index (χ3v) is 1.74. The van der Waals surface area contributed by atoms with Crippen molar-refractivity contribution in [1.29, 1.82) is 0 Å². The Bertz CT molecular complexity index is 339. The maximum atomic E-state index is 11.1. The molecular weight excluding hydrogens is 196 g/mol. The van der Waals surface area contributed by atoms with E-state index < -0.39 is 0 Å². The molecule has 0 bridgehead atoms. The van der Waals surface area contributed by atoms with Crippen LogP contribution in [0, 0.1) is 0 Å². The summed E-state index contributed by atoms with van der Waals surface area (Å²) < 4.78 is 9.72. The minimum atomic E-state index is -0.346. The van der Waals surface area contributed by atoms with Crippen molar-refractivity contribution in [3.8, 4) is 0 Å². The van der Waals surface area contributed by atoms with Crippen molar-refractivity contribution >= 4 is 5.97 Å². The number of hydrogen-bond donors (Lipinski definition) is 0. The number of nitrogens with zero attached hydrogens (tertiary/aromatic N) is 2. The van der Waals surface area contributed by atoms with Gasteiger partial charge in [0, 0.05) is 5.41 Å². The molecule has 0 unspecified atom stereocenters. The molecule has 0 aliphatic carbocycles. The van der Waals surface area contributed by atoms with Gasteiger partial charge in [-0.1, -0.05) is 25.9 Å². The number of carbonyl (C=O) groups is 1. The standard InChI is InChI=1S/C10H16N2O3/c1-5-14-8(13)6-7-11-9(12-15-7)10(2,3)4/h5-6H2,1-4H3. The summed E-state index contributed by atoms with van der Waals surface area (Å²) in [5.41, 5.74) is -0.170. The zero-order valence-electron chi connectivity index (χ0n) is 9.53. The molecule has 84 valence electrons. The van der Waals surface area contributed by atoms with Gasteiger partial charge in [-0.05, 0) is 6.92 Å². The topological polar surface area (TPSA) is 65.2 Å². The Morgan fingerprint density at radius 1 is 1.47 bits per heavy atom. The highest BCUT2D eigenvalue weighted by Gasteiger charge is 2.21. The zero-order chi connectivity index (χ0) is 11.5. The Balaban J connectivity index is 2.65. The number of rotatable bonds is 3. The molecule has 1 heterocycles. The number of ether oxygens (including phenoxy) is 1. The van der Waals surface area contributed by atoms with Crippen molar-refractivity contribution in [1.82, 2.24) is 10.1 Å². The van der Waals surface area contributed by atoms with Crippen LogP contribution >= 0.6 is 0 Å². The largest absolute Gasteiger partial charge is 0.466 e. The van der Waals surface area contributed by atoms with E-state index in [4.69, 9.17) is 9.26 Å². The Morgan fingerprint density at radius 2 is 2.13 bits per heavy atom. The number of hydrogen-bond acceptors (Lipinski definition) is 5. The monoisotopic (exact) mass is 212 g/mol. The van der Waals surface area contributed by atoms with Gasteiger partial charge < -0.3 is 9.26 Å². The summed E-state index contributed by atoms with van der Waals surface area (Å²) in [5, 5.41) is 3.81. The van der Waals surface area contributed by atoms with Crippen LogP contribution in [0.15, 0.2) is 4.52 Å². The Kier molecular flexibility index (Phi) is 3.44. The fourth-order valence-electron chi connectivity index (χ4n) is 0.967. The van der Waals surface area contributed by atoms with Gasteiger partial charge in [-0.2, -0.15) is 4.98 Å². The number of esters is 1. The molecule has 0 saturated carbocycles. The van der Waals surface area contributed by atoms with Crippen molar-refractivity contribution in [2.24, 2.45) is 0 Å². The van der Waals surface area contributed by atoms with Gasteiger partial charge in [-0.3, -0.25) is 4.79 Å². The molecule has 0 N–H and O–H groups in total. The first kappa shape index (κ1) is 11.7. The van der Waals surface area contributed by atoms with E-state index >= 15 is 0 Å². The highest BCUT2D eigenvalue weighted by atomic mass is 16.5. The van der Waals surface area contributed by atoms with E-state index in [1.165, 1.54) is 0 Å². The molecule has 0 radical (unpaired) electrons. The average molecular weight is 212 g/mol. The summed E-state index contributed by atoms with van der Waals surface area (Å²) in [4.78, 5) is 15.2. The van der Waals surface area contributed by atoms with Crippen molar-refractivity contribution in [2.75, 3.05) is 6.61 Å². The summed E-state index contributed by atoms with van der Waals surface area (Å²) in [7, 11) is 0. The molecule has 5 nitrogen and oxygen atoms in total. The molecule has 1 rings (SSSR count). The first-order valence-electron chi connectivity index (χ1n) is 4.92. The fourth-order valence-corrected chi connectivity index (χ4v) is 0.967. The van der Waals surface area contributed by atoms with Crippen molar-refractivity contribution in [3.05, 3.63) is 11.7 Å². The van der Waals surface area contributed by atoms with E-state index in [2.05, 4.69) is 10.1 Å². The van der Waals surface area contributed by atoms with Crippen molar-refractivity contribution in [2.45, 2.75) is 39.5 Å². The molecule has 0 fully saturated rings. The number of aromatic nitrogens is 2. The SMILES string of the molecule is CCOC(=O)Cc1nc(C(C)(C)C)no1. The minimum absolute atomic E-state index is 0.0386. The quantitative estimate of drug-likeness (QED) is 0.710. The second kappa shape index (κ2) is 4.42. The molecule has 0 aliphatic heterocycles. The first-order chi connectivity index (χ1) is 6.93. The predicted octanol–water partition coefficient (Wildman–Crippen LogP) is 1.47.